The third kappa shape index (κ3) is 5.09. The maximum atomic E-state index is 13.1. The van der Waals surface area contributed by atoms with Crippen LogP contribution >= 0.6 is 0 Å². The van der Waals surface area contributed by atoms with Gasteiger partial charge in [0, 0.05) is 19.6 Å². The van der Waals surface area contributed by atoms with Crippen molar-refractivity contribution in [1.29, 1.82) is 0 Å². The second-order valence-electron chi connectivity index (χ2n) is 3.35. The fraction of sp³-hybridized carbons (Fsp3) is 0.500. The van der Waals surface area contributed by atoms with E-state index in [-0.39, 0.29) is 5.82 Å². The predicted molar refractivity (Wildman–Crippen MR) is 61.3 cm³/mol. The van der Waals surface area contributed by atoms with E-state index in [0.717, 1.165) is 13.0 Å². The van der Waals surface area contributed by atoms with E-state index in [2.05, 4.69) is 5.32 Å². The number of ether oxygens (including phenoxy) is 2. The number of hydrogen-bond acceptors (Lipinski definition) is 3. The van der Waals surface area contributed by atoms with Gasteiger partial charge < -0.3 is 14.8 Å². The zero-order chi connectivity index (χ0) is 11.6. The van der Waals surface area contributed by atoms with Crippen LogP contribution in [0.2, 0.25) is 0 Å². The number of benzene rings is 1. The summed E-state index contributed by atoms with van der Waals surface area (Å²) in [6.07, 6.45) is 0.762. The van der Waals surface area contributed by atoms with Crippen molar-refractivity contribution < 1.29 is 13.9 Å². The third-order valence-electron chi connectivity index (χ3n) is 2.02. The Balaban J connectivity index is 2.05. The summed E-state index contributed by atoms with van der Waals surface area (Å²) in [5.74, 6) is -0.0173. The molecule has 0 saturated heterocycles. The van der Waals surface area contributed by atoms with Gasteiger partial charge in [-0.2, -0.15) is 0 Å². The number of para-hydroxylation sites is 1. The van der Waals surface area contributed by atoms with Crippen molar-refractivity contribution in [3.8, 4) is 5.75 Å². The zero-order valence-corrected chi connectivity index (χ0v) is 9.54. The molecule has 1 aromatic rings. The molecule has 16 heavy (non-hydrogen) atoms. The molecule has 0 aliphatic rings. The van der Waals surface area contributed by atoms with Crippen LogP contribution in [-0.2, 0) is 4.74 Å². The van der Waals surface area contributed by atoms with Crippen molar-refractivity contribution in [3.63, 3.8) is 0 Å². The molecule has 0 saturated carbocycles. The van der Waals surface area contributed by atoms with Crippen LogP contribution in [0.25, 0.3) is 0 Å². The maximum Gasteiger partial charge on any atom is 0.165 e. The molecule has 0 heterocycles. The minimum atomic E-state index is -0.321. The second-order valence-corrected chi connectivity index (χ2v) is 3.35. The van der Waals surface area contributed by atoms with Crippen molar-refractivity contribution >= 4 is 0 Å². The molecule has 3 nitrogen and oxygen atoms in total. The summed E-state index contributed by atoms with van der Waals surface area (Å²) in [5.41, 5.74) is 0. The zero-order valence-electron chi connectivity index (χ0n) is 9.54. The van der Waals surface area contributed by atoms with Crippen LogP contribution in [-0.4, -0.2) is 33.4 Å². The lowest BCUT2D eigenvalue weighted by Gasteiger charge is -2.07. The first kappa shape index (κ1) is 12.9. The highest BCUT2D eigenvalue weighted by molar-refractivity contribution is 5.23. The molecule has 0 aliphatic heterocycles. The van der Waals surface area contributed by atoms with Crippen LogP contribution < -0.4 is 10.1 Å². The van der Waals surface area contributed by atoms with Gasteiger partial charge >= 0.3 is 0 Å². The van der Waals surface area contributed by atoms with Gasteiger partial charge in [-0.1, -0.05) is 12.1 Å². The molecule has 1 aromatic carbocycles. The van der Waals surface area contributed by atoms with Crippen molar-refractivity contribution in [2.75, 3.05) is 33.4 Å². The van der Waals surface area contributed by atoms with Crippen molar-refractivity contribution in [2.24, 2.45) is 0 Å². The van der Waals surface area contributed by atoms with E-state index in [1.807, 2.05) is 7.05 Å². The summed E-state index contributed by atoms with van der Waals surface area (Å²) < 4.78 is 23.7. The molecule has 0 atom stereocenters. The van der Waals surface area contributed by atoms with Gasteiger partial charge in [0.05, 0.1) is 13.2 Å². The standard InChI is InChI=1S/C12H18FNO2/c1-14-7-10-15-8-4-9-16-12-6-3-2-5-11(12)13/h2-3,5-6,14H,4,7-10H2,1H3. The highest BCUT2D eigenvalue weighted by atomic mass is 19.1. The molecule has 0 radical (unpaired) electrons. The maximum absolute atomic E-state index is 13.1. The first-order valence-electron chi connectivity index (χ1n) is 5.44. The van der Waals surface area contributed by atoms with E-state index in [4.69, 9.17) is 9.47 Å². The highest BCUT2D eigenvalue weighted by Crippen LogP contribution is 2.15. The summed E-state index contributed by atoms with van der Waals surface area (Å²) >= 11 is 0. The van der Waals surface area contributed by atoms with Gasteiger partial charge in [0.1, 0.15) is 0 Å². The molecule has 0 aromatic heterocycles. The number of rotatable bonds is 8. The van der Waals surface area contributed by atoms with Crippen LogP contribution in [0.4, 0.5) is 4.39 Å². The molecule has 0 spiro atoms. The summed E-state index contributed by atoms with van der Waals surface area (Å²) in [6.45, 7) is 2.64. The molecular weight excluding hydrogens is 209 g/mol. The molecule has 4 heteroatoms. The van der Waals surface area contributed by atoms with E-state index in [1.54, 1.807) is 18.2 Å². The molecule has 1 N–H and O–H groups in total. The normalized spacial score (nSPS) is 10.4. The Morgan fingerprint density at radius 2 is 2.00 bits per heavy atom. The fourth-order valence-corrected chi connectivity index (χ4v) is 1.18. The quantitative estimate of drug-likeness (QED) is 0.687. The first-order valence-corrected chi connectivity index (χ1v) is 5.44. The van der Waals surface area contributed by atoms with Crippen LogP contribution in [0.5, 0.6) is 5.75 Å². The average molecular weight is 227 g/mol. The lowest BCUT2D eigenvalue weighted by atomic mass is 10.3. The summed E-state index contributed by atoms with van der Waals surface area (Å²) in [5, 5.41) is 2.99. The Morgan fingerprint density at radius 3 is 2.75 bits per heavy atom. The van der Waals surface area contributed by atoms with Gasteiger partial charge in [0.2, 0.25) is 0 Å². The largest absolute Gasteiger partial charge is 0.490 e. The molecule has 1 rings (SSSR count). The lowest BCUT2D eigenvalue weighted by Crippen LogP contribution is -2.15. The summed E-state index contributed by atoms with van der Waals surface area (Å²) in [4.78, 5) is 0. The van der Waals surface area contributed by atoms with Crippen LogP contribution in [0.15, 0.2) is 24.3 Å². The Labute approximate surface area is 95.6 Å². The van der Waals surface area contributed by atoms with Gasteiger partial charge in [-0.05, 0) is 19.2 Å². The summed E-state index contributed by atoms with van der Waals surface area (Å²) in [7, 11) is 1.88. The van der Waals surface area contributed by atoms with Gasteiger partial charge in [-0.3, -0.25) is 0 Å². The van der Waals surface area contributed by atoms with Crippen LogP contribution in [0, 0.1) is 5.82 Å². The van der Waals surface area contributed by atoms with E-state index in [0.29, 0.717) is 25.6 Å². The van der Waals surface area contributed by atoms with Crippen LogP contribution in [0.3, 0.4) is 0 Å². The molecule has 0 amide bonds. The number of nitrogens with one attached hydrogen (secondary N) is 1. The Morgan fingerprint density at radius 1 is 1.19 bits per heavy atom. The van der Waals surface area contributed by atoms with Gasteiger partial charge in [-0.15, -0.1) is 0 Å². The molecule has 0 aliphatic carbocycles. The van der Waals surface area contributed by atoms with Gasteiger partial charge in [0.15, 0.2) is 11.6 Å². The fourth-order valence-electron chi connectivity index (χ4n) is 1.18. The number of halogens is 1. The monoisotopic (exact) mass is 227 g/mol. The number of hydrogen-bond donors (Lipinski definition) is 1. The SMILES string of the molecule is CNCCOCCCOc1ccccc1F. The molecule has 0 unspecified atom stereocenters. The minimum absolute atomic E-state index is 0.303. The Kier molecular flexibility index (Phi) is 6.53. The second kappa shape index (κ2) is 8.07. The average Bonchev–Trinajstić information content (AvgIpc) is 2.30. The molecular formula is C12H18FNO2. The Bertz CT molecular complexity index is 294. The highest BCUT2D eigenvalue weighted by Gasteiger charge is 2.00. The van der Waals surface area contributed by atoms with E-state index >= 15 is 0 Å². The first-order chi connectivity index (χ1) is 7.84. The summed E-state index contributed by atoms with van der Waals surface area (Å²) in [6, 6.07) is 6.40. The van der Waals surface area contributed by atoms with Crippen molar-refractivity contribution in [2.45, 2.75) is 6.42 Å². The minimum Gasteiger partial charge on any atom is -0.490 e. The molecule has 90 valence electrons. The van der Waals surface area contributed by atoms with Crippen molar-refractivity contribution in [1.82, 2.24) is 5.32 Å². The number of likely N-dealkylation sites (N-methyl/N-ethyl adjacent to an activating group) is 1. The topological polar surface area (TPSA) is 30.5 Å². The molecule has 0 bridgehead atoms. The van der Waals surface area contributed by atoms with Gasteiger partial charge in [0.25, 0.3) is 0 Å². The van der Waals surface area contributed by atoms with Gasteiger partial charge in [-0.25, -0.2) is 4.39 Å². The third-order valence-corrected chi connectivity index (χ3v) is 2.02. The van der Waals surface area contributed by atoms with Crippen molar-refractivity contribution in [3.05, 3.63) is 30.1 Å². The van der Waals surface area contributed by atoms with E-state index in [1.165, 1.54) is 6.07 Å². The molecule has 0 fully saturated rings. The lowest BCUT2D eigenvalue weighted by molar-refractivity contribution is 0.121. The smallest absolute Gasteiger partial charge is 0.165 e. The predicted octanol–water partition coefficient (Wildman–Crippen LogP) is 1.83. The van der Waals surface area contributed by atoms with E-state index < -0.39 is 0 Å². The Hall–Kier alpha value is -1.13. The van der Waals surface area contributed by atoms with Crippen LogP contribution in [0.1, 0.15) is 6.42 Å². The van der Waals surface area contributed by atoms with E-state index in [9.17, 15) is 4.39 Å².